The summed E-state index contributed by atoms with van der Waals surface area (Å²) in [6, 6.07) is 6.11. The molecule has 1 atom stereocenters. The van der Waals surface area contributed by atoms with Gasteiger partial charge in [0.05, 0.1) is 30.8 Å². The summed E-state index contributed by atoms with van der Waals surface area (Å²) in [7, 11) is 0. The SMILES string of the molecule is CCOC(=O)c1c(C)c2ncc(Cc3ccc(F)cc3)c(C)c2n(CC(C)(O)CO)c1=O. The molecule has 2 aromatic heterocycles. The number of ether oxygens (including phenoxy) is 1. The van der Waals surface area contributed by atoms with Crippen LogP contribution in [0.25, 0.3) is 11.0 Å². The summed E-state index contributed by atoms with van der Waals surface area (Å²) in [6.45, 7) is 5.80. The lowest BCUT2D eigenvalue weighted by molar-refractivity contribution is -0.0119. The van der Waals surface area contributed by atoms with E-state index in [2.05, 4.69) is 4.98 Å². The van der Waals surface area contributed by atoms with Gasteiger partial charge in [-0.1, -0.05) is 12.1 Å². The molecule has 0 saturated heterocycles. The Morgan fingerprint density at radius 3 is 2.47 bits per heavy atom. The highest BCUT2D eigenvalue weighted by molar-refractivity contribution is 5.96. The third-order valence-corrected chi connectivity index (χ3v) is 5.50. The number of rotatable bonds is 7. The number of hydrogen-bond donors (Lipinski definition) is 2. The zero-order chi connectivity index (χ0) is 23.6. The predicted octanol–water partition coefficient (Wildman–Crippen LogP) is 2.66. The number of aromatic nitrogens is 2. The summed E-state index contributed by atoms with van der Waals surface area (Å²) in [4.78, 5) is 30.4. The average Bonchev–Trinajstić information content (AvgIpc) is 2.74. The van der Waals surface area contributed by atoms with Crippen molar-refractivity contribution in [1.82, 2.24) is 9.55 Å². The number of esters is 1. The molecule has 1 aromatic carbocycles. The molecule has 2 heterocycles. The van der Waals surface area contributed by atoms with Gasteiger partial charge in [-0.25, -0.2) is 9.18 Å². The monoisotopic (exact) mass is 442 g/mol. The lowest BCUT2D eigenvalue weighted by Crippen LogP contribution is -2.40. The van der Waals surface area contributed by atoms with E-state index in [1.54, 1.807) is 32.2 Å². The first kappa shape index (κ1) is 23.6. The van der Waals surface area contributed by atoms with Crippen LogP contribution in [0.15, 0.2) is 35.3 Å². The fourth-order valence-electron chi connectivity index (χ4n) is 3.74. The molecular weight excluding hydrogens is 415 g/mol. The van der Waals surface area contributed by atoms with Gasteiger partial charge in [0, 0.05) is 6.20 Å². The molecule has 0 fully saturated rings. The van der Waals surface area contributed by atoms with Crippen LogP contribution in [0.1, 0.15) is 46.5 Å². The third kappa shape index (κ3) is 4.56. The van der Waals surface area contributed by atoms with Crippen molar-refractivity contribution in [2.75, 3.05) is 13.2 Å². The van der Waals surface area contributed by atoms with Crippen LogP contribution in [0.4, 0.5) is 4.39 Å². The standard InChI is InChI=1S/C24H27FN2O5/c1-5-32-23(30)19-15(3)20-21(27(22(19)29)12-24(4,31)13-28)14(2)17(11-26-20)10-16-6-8-18(25)9-7-16/h6-9,11,28,31H,5,10,12-13H2,1-4H3. The molecule has 3 rings (SSSR count). The highest BCUT2D eigenvalue weighted by Gasteiger charge is 2.28. The van der Waals surface area contributed by atoms with E-state index < -0.39 is 23.7 Å². The van der Waals surface area contributed by atoms with Gasteiger partial charge in [0.25, 0.3) is 5.56 Å². The van der Waals surface area contributed by atoms with E-state index in [0.29, 0.717) is 23.0 Å². The molecular formula is C24H27FN2O5. The molecule has 0 aliphatic heterocycles. The normalized spacial score (nSPS) is 13.2. The second-order valence-corrected chi connectivity index (χ2v) is 8.18. The third-order valence-electron chi connectivity index (χ3n) is 5.50. The molecule has 7 nitrogen and oxygen atoms in total. The van der Waals surface area contributed by atoms with E-state index in [-0.39, 0.29) is 24.5 Å². The molecule has 0 aliphatic carbocycles. The van der Waals surface area contributed by atoms with Crippen molar-refractivity contribution >= 4 is 17.0 Å². The van der Waals surface area contributed by atoms with Crippen LogP contribution in [-0.2, 0) is 17.7 Å². The number of carbonyl (C=O) groups is 1. The van der Waals surface area contributed by atoms with Crippen molar-refractivity contribution in [1.29, 1.82) is 0 Å². The summed E-state index contributed by atoms with van der Waals surface area (Å²) in [5, 5.41) is 20.1. The largest absolute Gasteiger partial charge is 0.462 e. The number of aryl methyl sites for hydroxylation is 2. The van der Waals surface area contributed by atoms with Crippen molar-refractivity contribution < 1.29 is 24.1 Å². The summed E-state index contributed by atoms with van der Waals surface area (Å²) < 4.78 is 19.6. The molecule has 0 spiro atoms. The Hall–Kier alpha value is -3.10. The maximum atomic E-state index is 13.4. The highest BCUT2D eigenvalue weighted by atomic mass is 19.1. The number of carbonyl (C=O) groups excluding carboxylic acids is 1. The van der Waals surface area contributed by atoms with Crippen LogP contribution in [-0.4, -0.2) is 44.5 Å². The Bertz CT molecular complexity index is 1220. The van der Waals surface area contributed by atoms with Gasteiger partial charge in [-0.3, -0.25) is 9.78 Å². The number of aliphatic hydroxyl groups excluding tert-OH is 1. The summed E-state index contributed by atoms with van der Waals surface area (Å²) >= 11 is 0. The fourth-order valence-corrected chi connectivity index (χ4v) is 3.74. The Morgan fingerprint density at radius 2 is 1.88 bits per heavy atom. The second kappa shape index (κ2) is 9.18. The van der Waals surface area contributed by atoms with Gasteiger partial charge in [0.1, 0.15) is 17.0 Å². The Morgan fingerprint density at radius 1 is 1.22 bits per heavy atom. The lowest BCUT2D eigenvalue weighted by Gasteiger charge is -2.25. The average molecular weight is 442 g/mol. The molecule has 32 heavy (non-hydrogen) atoms. The van der Waals surface area contributed by atoms with E-state index in [4.69, 9.17) is 4.74 Å². The van der Waals surface area contributed by atoms with Gasteiger partial charge < -0.3 is 19.5 Å². The van der Waals surface area contributed by atoms with Crippen molar-refractivity contribution in [3.63, 3.8) is 0 Å². The number of nitrogens with zero attached hydrogens (tertiary/aromatic N) is 2. The van der Waals surface area contributed by atoms with Gasteiger partial charge in [-0.15, -0.1) is 0 Å². The van der Waals surface area contributed by atoms with Gasteiger partial charge in [-0.05, 0) is 68.5 Å². The van der Waals surface area contributed by atoms with Gasteiger partial charge in [0.2, 0.25) is 0 Å². The molecule has 0 aliphatic rings. The Balaban J connectivity index is 2.28. The molecule has 0 saturated carbocycles. The molecule has 0 bridgehead atoms. The van der Waals surface area contributed by atoms with Crippen LogP contribution >= 0.6 is 0 Å². The summed E-state index contributed by atoms with van der Waals surface area (Å²) in [5.74, 6) is -1.09. The lowest BCUT2D eigenvalue weighted by atomic mass is 9.98. The second-order valence-electron chi connectivity index (χ2n) is 8.18. The molecule has 170 valence electrons. The first-order valence-electron chi connectivity index (χ1n) is 10.4. The van der Waals surface area contributed by atoms with E-state index in [1.807, 2.05) is 6.92 Å². The first-order valence-corrected chi connectivity index (χ1v) is 10.4. The van der Waals surface area contributed by atoms with Gasteiger partial charge >= 0.3 is 5.97 Å². The highest BCUT2D eigenvalue weighted by Crippen LogP contribution is 2.26. The predicted molar refractivity (Wildman–Crippen MR) is 118 cm³/mol. The number of fused-ring (bicyclic) bond motifs is 1. The number of halogens is 1. The summed E-state index contributed by atoms with van der Waals surface area (Å²) in [5.41, 5.74) is 1.34. The smallest absolute Gasteiger partial charge is 0.344 e. The van der Waals surface area contributed by atoms with E-state index >= 15 is 0 Å². The molecule has 3 aromatic rings. The minimum Gasteiger partial charge on any atom is -0.462 e. The van der Waals surface area contributed by atoms with Crippen LogP contribution < -0.4 is 5.56 Å². The minimum atomic E-state index is -1.60. The fraction of sp³-hybridized carbons (Fsp3) is 0.375. The molecule has 8 heteroatoms. The quantitative estimate of drug-likeness (QED) is 0.546. The molecule has 0 amide bonds. The molecule has 2 N–H and O–H groups in total. The van der Waals surface area contributed by atoms with Gasteiger partial charge in [0.15, 0.2) is 0 Å². The topological polar surface area (TPSA) is 102 Å². The van der Waals surface area contributed by atoms with E-state index in [1.165, 1.54) is 23.6 Å². The van der Waals surface area contributed by atoms with Crippen molar-refractivity contribution in [2.24, 2.45) is 0 Å². The minimum absolute atomic E-state index is 0.104. The van der Waals surface area contributed by atoms with E-state index in [0.717, 1.165) is 16.7 Å². The molecule has 0 radical (unpaired) electrons. The van der Waals surface area contributed by atoms with Crippen LogP contribution in [0, 0.1) is 19.7 Å². The van der Waals surface area contributed by atoms with Gasteiger partial charge in [-0.2, -0.15) is 0 Å². The number of pyridine rings is 2. The molecule has 1 unspecified atom stereocenters. The van der Waals surface area contributed by atoms with Crippen molar-refractivity contribution in [3.8, 4) is 0 Å². The van der Waals surface area contributed by atoms with E-state index in [9.17, 15) is 24.2 Å². The van der Waals surface area contributed by atoms with Crippen molar-refractivity contribution in [3.05, 3.63) is 74.5 Å². The number of benzene rings is 1. The number of aliphatic hydroxyl groups is 2. The van der Waals surface area contributed by atoms with Crippen LogP contribution in [0.5, 0.6) is 0 Å². The maximum Gasteiger partial charge on any atom is 0.344 e. The number of hydrogen-bond acceptors (Lipinski definition) is 6. The Kier molecular flexibility index (Phi) is 6.76. The van der Waals surface area contributed by atoms with Crippen LogP contribution in [0.2, 0.25) is 0 Å². The summed E-state index contributed by atoms with van der Waals surface area (Å²) in [6.07, 6.45) is 2.13. The zero-order valence-corrected chi connectivity index (χ0v) is 18.6. The first-order chi connectivity index (χ1) is 15.1. The zero-order valence-electron chi connectivity index (χ0n) is 18.6. The van der Waals surface area contributed by atoms with Crippen LogP contribution in [0.3, 0.4) is 0 Å². The van der Waals surface area contributed by atoms with Crippen molar-refractivity contribution in [2.45, 2.75) is 46.3 Å². The maximum absolute atomic E-state index is 13.4. The Labute approximate surface area is 185 Å².